The lowest BCUT2D eigenvalue weighted by molar-refractivity contribution is 0.0527. The van der Waals surface area contributed by atoms with Crippen LogP contribution in [0.2, 0.25) is 5.02 Å². The van der Waals surface area contributed by atoms with Gasteiger partial charge in [0.2, 0.25) is 0 Å². The molecule has 4 aromatic rings. The van der Waals surface area contributed by atoms with E-state index in [4.69, 9.17) is 21.1 Å². The molecule has 9 heteroatoms. The van der Waals surface area contributed by atoms with Crippen LogP contribution < -0.4 is 4.74 Å². The topological polar surface area (TPSA) is 74.6 Å². The maximum absolute atomic E-state index is 13.5. The number of hydrogen-bond donors (Lipinski definition) is 0. The number of nitrogens with zero attached hydrogens (tertiary/aromatic N) is 1. The number of carbonyl (C=O) groups is 1. The molecule has 6 nitrogen and oxygen atoms in total. The minimum atomic E-state index is -3.84. The normalized spacial score (nSPS) is 11.5. The molecule has 0 amide bonds. The number of para-hydroxylation sites is 1. The first-order valence-corrected chi connectivity index (χ1v) is 13.2. The van der Waals surface area contributed by atoms with Gasteiger partial charge in [-0.15, -0.1) is 0 Å². The molecule has 0 aliphatic heterocycles. The van der Waals surface area contributed by atoms with E-state index in [-0.39, 0.29) is 17.1 Å². The molecule has 176 valence electrons. The minimum Gasteiger partial charge on any atom is -0.496 e. The number of fused-ring (bicyclic) bond motifs is 1. The van der Waals surface area contributed by atoms with Crippen molar-refractivity contribution in [3.05, 3.63) is 87.5 Å². The Kier molecular flexibility index (Phi) is 7.02. The fraction of sp³-hybridized carbons (Fsp3) is 0.160. The fourth-order valence-electron chi connectivity index (χ4n) is 3.84. The van der Waals surface area contributed by atoms with Crippen molar-refractivity contribution in [1.29, 1.82) is 0 Å². The average molecular weight is 563 g/mol. The van der Waals surface area contributed by atoms with E-state index >= 15 is 0 Å². The first-order chi connectivity index (χ1) is 16.3. The van der Waals surface area contributed by atoms with Crippen molar-refractivity contribution in [2.75, 3.05) is 13.7 Å². The first-order valence-electron chi connectivity index (χ1n) is 10.4. The summed E-state index contributed by atoms with van der Waals surface area (Å²) in [6, 6.07) is 18.7. The number of sulfone groups is 1. The maximum Gasteiger partial charge on any atom is 0.340 e. The summed E-state index contributed by atoms with van der Waals surface area (Å²) in [5.41, 5.74) is 1.84. The Hall–Kier alpha value is -2.81. The van der Waals surface area contributed by atoms with E-state index in [0.717, 1.165) is 0 Å². The Bertz CT molecular complexity index is 1470. The molecule has 0 bridgehead atoms. The lowest BCUT2D eigenvalue weighted by atomic mass is 10.1. The largest absolute Gasteiger partial charge is 0.496 e. The van der Waals surface area contributed by atoms with Crippen LogP contribution in [-0.4, -0.2) is 32.7 Å². The number of methoxy groups -OCH3 is 1. The molecule has 3 aromatic carbocycles. The summed E-state index contributed by atoms with van der Waals surface area (Å²) >= 11 is 9.45. The molecule has 0 saturated carbocycles. The van der Waals surface area contributed by atoms with Gasteiger partial charge in [0.25, 0.3) is 0 Å². The number of benzene rings is 3. The molecule has 0 unspecified atom stereocenters. The molecule has 0 N–H and O–H groups in total. The smallest absolute Gasteiger partial charge is 0.340 e. The van der Waals surface area contributed by atoms with Crippen molar-refractivity contribution in [3.8, 4) is 11.4 Å². The van der Waals surface area contributed by atoms with E-state index < -0.39 is 21.6 Å². The van der Waals surface area contributed by atoms with Crippen LogP contribution in [0.15, 0.2) is 76.1 Å². The number of aromatic nitrogens is 1. The van der Waals surface area contributed by atoms with Gasteiger partial charge in [-0.1, -0.05) is 29.8 Å². The minimum absolute atomic E-state index is 0.107. The first kappa shape index (κ1) is 24.3. The van der Waals surface area contributed by atoms with Crippen LogP contribution in [0.5, 0.6) is 5.75 Å². The van der Waals surface area contributed by atoms with E-state index in [1.807, 2.05) is 36.4 Å². The van der Waals surface area contributed by atoms with Gasteiger partial charge in [0.05, 0.1) is 45.6 Å². The van der Waals surface area contributed by atoms with Gasteiger partial charge in [0.1, 0.15) is 5.75 Å². The third-order valence-corrected chi connectivity index (χ3v) is 7.85. The number of rotatable bonds is 7. The van der Waals surface area contributed by atoms with Crippen molar-refractivity contribution in [2.24, 2.45) is 0 Å². The Labute approximate surface area is 211 Å². The number of halogens is 2. The molecule has 1 heterocycles. The molecule has 0 fully saturated rings. The second-order valence-corrected chi connectivity index (χ2v) is 10.7. The summed E-state index contributed by atoms with van der Waals surface area (Å²) in [5.74, 6) is -0.519. The average Bonchev–Trinajstić information content (AvgIpc) is 3.11. The van der Waals surface area contributed by atoms with Gasteiger partial charge >= 0.3 is 5.97 Å². The molecule has 34 heavy (non-hydrogen) atoms. The fourth-order valence-corrected chi connectivity index (χ4v) is 5.81. The lowest BCUT2D eigenvalue weighted by Gasteiger charge is -2.13. The summed E-state index contributed by atoms with van der Waals surface area (Å²) in [5, 5.41) is 0.963. The van der Waals surface area contributed by atoms with Crippen molar-refractivity contribution < 1.29 is 22.7 Å². The van der Waals surface area contributed by atoms with E-state index in [2.05, 4.69) is 15.9 Å². The van der Waals surface area contributed by atoms with Crippen LogP contribution in [0.1, 0.15) is 23.0 Å². The van der Waals surface area contributed by atoms with Crippen LogP contribution in [0.3, 0.4) is 0 Å². The van der Waals surface area contributed by atoms with Crippen molar-refractivity contribution in [3.63, 3.8) is 0 Å². The molecule has 0 aliphatic rings. The molecule has 0 atom stereocenters. The van der Waals surface area contributed by atoms with Gasteiger partial charge in [0, 0.05) is 16.1 Å². The van der Waals surface area contributed by atoms with Gasteiger partial charge in [-0.2, -0.15) is 0 Å². The molecule has 0 spiro atoms. The second kappa shape index (κ2) is 9.82. The molecule has 0 saturated heterocycles. The van der Waals surface area contributed by atoms with Gasteiger partial charge in [-0.05, 0) is 71.4 Å². The maximum atomic E-state index is 13.5. The Morgan fingerprint density at radius 1 is 1.06 bits per heavy atom. The van der Waals surface area contributed by atoms with E-state index in [1.54, 1.807) is 17.6 Å². The SMILES string of the molecule is CCOC(=O)c1c(CS(=O)(=O)c2ccc(Cl)cc2)n(-c2ccccc2)c2cc(Br)c(OC)cc12. The molecular formula is C25H21BrClNO5S. The number of hydrogen-bond acceptors (Lipinski definition) is 5. The van der Waals surface area contributed by atoms with Crippen LogP contribution in [0, 0.1) is 0 Å². The summed E-state index contributed by atoms with van der Waals surface area (Å²) in [4.78, 5) is 13.3. The molecule has 0 aliphatic carbocycles. The Balaban J connectivity index is 2.06. The van der Waals surface area contributed by atoms with E-state index in [9.17, 15) is 13.2 Å². The molecule has 0 radical (unpaired) electrons. The summed E-state index contributed by atoms with van der Waals surface area (Å²) in [7, 11) is -2.31. The molecular weight excluding hydrogens is 542 g/mol. The highest BCUT2D eigenvalue weighted by Crippen LogP contribution is 2.38. The summed E-state index contributed by atoms with van der Waals surface area (Å²) in [6.07, 6.45) is 0. The Morgan fingerprint density at radius 2 is 1.74 bits per heavy atom. The molecule has 4 rings (SSSR count). The number of ether oxygens (including phenoxy) is 2. The highest BCUT2D eigenvalue weighted by atomic mass is 79.9. The van der Waals surface area contributed by atoms with E-state index in [1.165, 1.54) is 31.4 Å². The predicted octanol–water partition coefficient (Wildman–Crippen LogP) is 6.21. The predicted molar refractivity (Wildman–Crippen MR) is 136 cm³/mol. The molecule has 1 aromatic heterocycles. The summed E-state index contributed by atoms with van der Waals surface area (Å²) in [6.45, 7) is 1.85. The van der Waals surface area contributed by atoms with Crippen LogP contribution in [0.4, 0.5) is 0 Å². The van der Waals surface area contributed by atoms with Crippen LogP contribution >= 0.6 is 27.5 Å². The van der Waals surface area contributed by atoms with Crippen molar-refractivity contribution >= 4 is 54.2 Å². The third-order valence-electron chi connectivity index (χ3n) is 5.33. The summed E-state index contributed by atoms with van der Waals surface area (Å²) < 4.78 is 40.1. The monoisotopic (exact) mass is 561 g/mol. The van der Waals surface area contributed by atoms with Crippen LogP contribution in [0.25, 0.3) is 16.6 Å². The zero-order chi connectivity index (χ0) is 24.5. The Morgan fingerprint density at radius 3 is 2.35 bits per heavy atom. The zero-order valence-electron chi connectivity index (χ0n) is 18.4. The number of esters is 1. The van der Waals surface area contributed by atoms with E-state index in [0.29, 0.717) is 37.5 Å². The van der Waals surface area contributed by atoms with Gasteiger partial charge in [-0.3, -0.25) is 0 Å². The standard InChI is InChI=1S/C25H21BrClNO5S/c1-3-33-25(29)24-19-13-23(32-2)20(26)14-21(19)28(17-7-5-4-6-8-17)22(24)15-34(30,31)18-11-9-16(27)10-12-18/h4-14H,3,15H2,1-2H3. The second-order valence-electron chi connectivity index (χ2n) is 7.43. The highest BCUT2D eigenvalue weighted by Gasteiger charge is 2.29. The quantitative estimate of drug-likeness (QED) is 0.251. The third kappa shape index (κ3) is 4.58. The van der Waals surface area contributed by atoms with Crippen LogP contribution in [-0.2, 0) is 20.3 Å². The van der Waals surface area contributed by atoms with Gasteiger partial charge in [-0.25, -0.2) is 13.2 Å². The van der Waals surface area contributed by atoms with Crippen molar-refractivity contribution in [2.45, 2.75) is 17.6 Å². The number of carbonyl (C=O) groups excluding carboxylic acids is 1. The van der Waals surface area contributed by atoms with Gasteiger partial charge in [0.15, 0.2) is 9.84 Å². The van der Waals surface area contributed by atoms with Crippen molar-refractivity contribution in [1.82, 2.24) is 4.57 Å². The lowest BCUT2D eigenvalue weighted by Crippen LogP contribution is -2.14. The highest BCUT2D eigenvalue weighted by molar-refractivity contribution is 9.10. The van der Waals surface area contributed by atoms with Gasteiger partial charge < -0.3 is 14.0 Å². The zero-order valence-corrected chi connectivity index (χ0v) is 21.6.